The first-order valence-corrected chi connectivity index (χ1v) is 9.63. The zero-order chi connectivity index (χ0) is 20.1. The van der Waals surface area contributed by atoms with E-state index in [1.807, 2.05) is 36.5 Å². The molecule has 0 atom stereocenters. The molecule has 0 radical (unpaired) electrons. The number of ether oxygens (including phenoxy) is 1. The van der Waals surface area contributed by atoms with Gasteiger partial charge in [0.25, 0.3) is 0 Å². The quantitative estimate of drug-likeness (QED) is 0.417. The van der Waals surface area contributed by atoms with Crippen LogP contribution in [0.25, 0.3) is 5.69 Å². The summed E-state index contributed by atoms with van der Waals surface area (Å²) in [7, 11) is 0. The van der Waals surface area contributed by atoms with Crippen LogP contribution in [0, 0.1) is 13.8 Å². The number of rotatable bonds is 6. The van der Waals surface area contributed by atoms with Gasteiger partial charge in [0, 0.05) is 28.9 Å². The van der Waals surface area contributed by atoms with Gasteiger partial charge in [-0.05, 0) is 69.2 Å². The number of benzene rings is 2. The van der Waals surface area contributed by atoms with Crippen LogP contribution in [-0.4, -0.2) is 23.4 Å². The van der Waals surface area contributed by atoms with Gasteiger partial charge in [-0.15, -0.1) is 0 Å². The lowest BCUT2D eigenvalue weighted by molar-refractivity contribution is 0.0526. The molecule has 144 valence electrons. The minimum atomic E-state index is -0.294. The first kappa shape index (κ1) is 19.6. The fourth-order valence-electron chi connectivity index (χ4n) is 3.35. The zero-order valence-electron chi connectivity index (χ0n) is 16.9. The second-order valence-corrected chi connectivity index (χ2v) is 6.67. The Labute approximate surface area is 166 Å². The van der Waals surface area contributed by atoms with Crippen LogP contribution in [0.3, 0.4) is 0 Å². The fourth-order valence-corrected chi connectivity index (χ4v) is 3.35. The second-order valence-electron chi connectivity index (χ2n) is 6.67. The summed E-state index contributed by atoms with van der Waals surface area (Å²) in [6.07, 6.45) is 2.89. The molecule has 28 heavy (non-hydrogen) atoms. The number of aryl methyl sites for hydroxylation is 2. The molecule has 0 N–H and O–H groups in total. The number of para-hydroxylation sites is 1. The molecule has 0 saturated carbocycles. The van der Waals surface area contributed by atoms with E-state index in [2.05, 4.69) is 37.5 Å². The van der Waals surface area contributed by atoms with Gasteiger partial charge in [0.05, 0.1) is 17.9 Å². The minimum Gasteiger partial charge on any atom is -0.462 e. The smallest absolute Gasteiger partial charge is 0.338 e. The van der Waals surface area contributed by atoms with Crippen LogP contribution >= 0.6 is 0 Å². The van der Waals surface area contributed by atoms with Crippen LogP contribution < -0.4 is 0 Å². The molecule has 0 fully saturated rings. The largest absolute Gasteiger partial charge is 0.462 e. The molecule has 3 rings (SSSR count). The van der Waals surface area contributed by atoms with Gasteiger partial charge in [0.2, 0.25) is 0 Å². The molecule has 0 aliphatic heterocycles. The van der Waals surface area contributed by atoms with Crippen molar-refractivity contribution in [1.29, 1.82) is 0 Å². The van der Waals surface area contributed by atoms with E-state index in [1.54, 1.807) is 19.1 Å². The SMILES string of the molecule is CCOC(=O)c1ccc(-n2c(C)cc(C=Nc3ccccc3CC)c2C)cc1. The van der Waals surface area contributed by atoms with Crippen molar-refractivity contribution in [3.8, 4) is 5.69 Å². The van der Waals surface area contributed by atoms with Crippen LogP contribution in [0.2, 0.25) is 0 Å². The van der Waals surface area contributed by atoms with Crippen molar-refractivity contribution in [2.75, 3.05) is 6.61 Å². The maximum absolute atomic E-state index is 11.9. The highest BCUT2D eigenvalue weighted by Crippen LogP contribution is 2.23. The van der Waals surface area contributed by atoms with E-state index in [1.165, 1.54) is 5.56 Å². The average Bonchev–Trinajstić information content (AvgIpc) is 3.00. The summed E-state index contributed by atoms with van der Waals surface area (Å²) >= 11 is 0. The van der Waals surface area contributed by atoms with E-state index in [4.69, 9.17) is 9.73 Å². The highest BCUT2D eigenvalue weighted by Gasteiger charge is 2.11. The van der Waals surface area contributed by atoms with Crippen molar-refractivity contribution in [3.63, 3.8) is 0 Å². The molecule has 0 unspecified atom stereocenters. The van der Waals surface area contributed by atoms with Crippen molar-refractivity contribution in [3.05, 3.63) is 82.7 Å². The standard InChI is InChI=1S/C24H26N2O2/c1-5-19-9-7-8-10-23(19)25-16-21-15-17(3)26(18(21)4)22-13-11-20(12-14-22)24(27)28-6-2/h7-16H,5-6H2,1-4H3. The summed E-state index contributed by atoms with van der Waals surface area (Å²) in [5.41, 5.74) is 7.13. The van der Waals surface area contributed by atoms with E-state index in [-0.39, 0.29) is 5.97 Å². The molecule has 3 aromatic rings. The van der Waals surface area contributed by atoms with Crippen molar-refractivity contribution in [2.45, 2.75) is 34.1 Å². The monoisotopic (exact) mass is 374 g/mol. The van der Waals surface area contributed by atoms with Crippen molar-refractivity contribution >= 4 is 17.9 Å². The van der Waals surface area contributed by atoms with Crippen LogP contribution in [-0.2, 0) is 11.2 Å². The van der Waals surface area contributed by atoms with Crippen LogP contribution in [0.5, 0.6) is 0 Å². The summed E-state index contributed by atoms with van der Waals surface area (Å²) in [6.45, 7) is 8.48. The summed E-state index contributed by atoms with van der Waals surface area (Å²) in [4.78, 5) is 16.6. The normalized spacial score (nSPS) is 11.1. The summed E-state index contributed by atoms with van der Waals surface area (Å²) in [5.74, 6) is -0.294. The Morgan fingerprint density at radius 2 is 1.79 bits per heavy atom. The summed E-state index contributed by atoms with van der Waals surface area (Å²) in [5, 5.41) is 0. The highest BCUT2D eigenvalue weighted by atomic mass is 16.5. The third kappa shape index (κ3) is 4.06. The second kappa shape index (κ2) is 8.70. The van der Waals surface area contributed by atoms with Gasteiger partial charge >= 0.3 is 5.97 Å². The topological polar surface area (TPSA) is 43.6 Å². The number of nitrogens with zero attached hydrogens (tertiary/aromatic N) is 2. The van der Waals surface area contributed by atoms with Gasteiger partial charge in [0.1, 0.15) is 0 Å². The molecule has 1 aromatic heterocycles. The Hall–Kier alpha value is -3.14. The predicted molar refractivity (Wildman–Crippen MR) is 114 cm³/mol. The van der Waals surface area contributed by atoms with E-state index in [0.29, 0.717) is 12.2 Å². The van der Waals surface area contributed by atoms with Gasteiger partial charge in [-0.2, -0.15) is 0 Å². The molecule has 0 aliphatic carbocycles. The maximum atomic E-state index is 11.9. The number of carbonyl (C=O) groups is 1. The van der Waals surface area contributed by atoms with Gasteiger partial charge < -0.3 is 9.30 Å². The molecule has 4 heteroatoms. The number of carbonyl (C=O) groups excluding carboxylic acids is 1. The van der Waals surface area contributed by atoms with Crippen LogP contribution in [0.1, 0.15) is 46.7 Å². The predicted octanol–water partition coefficient (Wildman–Crippen LogP) is 5.58. The summed E-state index contributed by atoms with van der Waals surface area (Å²) in [6, 6.07) is 17.8. The summed E-state index contributed by atoms with van der Waals surface area (Å²) < 4.78 is 7.22. The lowest BCUT2D eigenvalue weighted by Gasteiger charge is -2.10. The van der Waals surface area contributed by atoms with Crippen molar-refractivity contribution in [1.82, 2.24) is 4.57 Å². The molecule has 4 nitrogen and oxygen atoms in total. The van der Waals surface area contributed by atoms with Crippen molar-refractivity contribution < 1.29 is 9.53 Å². The molecular formula is C24H26N2O2. The lowest BCUT2D eigenvalue weighted by Crippen LogP contribution is -2.05. The van der Waals surface area contributed by atoms with Crippen LogP contribution in [0.15, 0.2) is 59.6 Å². The Bertz CT molecular complexity index is 998. The maximum Gasteiger partial charge on any atom is 0.338 e. The van der Waals surface area contributed by atoms with E-state index < -0.39 is 0 Å². The molecular weight excluding hydrogens is 348 g/mol. The number of aromatic nitrogens is 1. The highest BCUT2D eigenvalue weighted by molar-refractivity contribution is 5.89. The molecule has 2 aromatic carbocycles. The molecule has 0 aliphatic rings. The van der Waals surface area contributed by atoms with Gasteiger partial charge in [-0.1, -0.05) is 25.1 Å². The van der Waals surface area contributed by atoms with Gasteiger partial charge in [0.15, 0.2) is 0 Å². The van der Waals surface area contributed by atoms with E-state index >= 15 is 0 Å². The number of aliphatic imine (C=N–C) groups is 1. The third-order valence-corrected chi connectivity index (χ3v) is 4.82. The van der Waals surface area contributed by atoms with Gasteiger partial charge in [-0.3, -0.25) is 4.99 Å². The number of hydrogen-bond acceptors (Lipinski definition) is 3. The Kier molecular flexibility index (Phi) is 6.09. The minimum absolute atomic E-state index is 0.294. The zero-order valence-corrected chi connectivity index (χ0v) is 16.9. The van der Waals surface area contributed by atoms with Crippen molar-refractivity contribution in [2.24, 2.45) is 4.99 Å². The average molecular weight is 374 g/mol. The molecule has 1 heterocycles. The van der Waals surface area contributed by atoms with E-state index in [0.717, 1.165) is 34.7 Å². The Morgan fingerprint density at radius 3 is 2.46 bits per heavy atom. The molecule has 0 saturated heterocycles. The number of hydrogen-bond donors (Lipinski definition) is 0. The first-order valence-electron chi connectivity index (χ1n) is 9.63. The molecule has 0 amide bonds. The third-order valence-electron chi connectivity index (χ3n) is 4.82. The Balaban J connectivity index is 1.90. The Morgan fingerprint density at radius 1 is 1.07 bits per heavy atom. The molecule has 0 bridgehead atoms. The van der Waals surface area contributed by atoms with Crippen LogP contribution in [0.4, 0.5) is 5.69 Å². The fraction of sp³-hybridized carbons (Fsp3) is 0.250. The van der Waals surface area contributed by atoms with Gasteiger partial charge in [-0.25, -0.2) is 4.79 Å². The lowest BCUT2D eigenvalue weighted by atomic mass is 10.1. The number of esters is 1. The van der Waals surface area contributed by atoms with E-state index in [9.17, 15) is 4.79 Å². The first-order chi connectivity index (χ1) is 13.5. The molecule has 0 spiro atoms.